The summed E-state index contributed by atoms with van der Waals surface area (Å²) in [5.74, 6) is 1.90. The average Bonchev–Trinajstić information content (AvgIpc) is 0.800. The van der Waals surface area contributed by atoms with E-state index in [1.807, 2.05) is 76.2 Å². The largest absolute Gasteiger partial charge is 0.504 e. The van der Waals surface area contributed by atoms with Crippen molar-refractivity contribution in [1.82, 2.24) is 37.5 Å². The van der Waals surface area contributed by atoms with Gasteiger partial charge in [-0.1, -0.05) is 125 Å². The van der Waals surface area contributed by atoms with E-state index in [0.29, 0.717) is 113 Å². The van der Waals surface area contributed by atoms with Gasteiger partial charge in [0.15, 0.2) is 57.8 Å². The van der Waals surface area contributed by atoms with Crippen LogP contribution in [0, 0.1) is 47.3 Å². The highest BCUT2D eigenvalue weighted by Gasteiger charge is 2.45. The molecule has 0 aromatic carbocycles. The van der Waals surface area contributed by atoms with Gasteiger partial charge in [0.25, 0.3) is 22.2 Å². The van der Waals surface area contributed by atoms with Crippen LogP contribution >= 0.6 is 15.9 Å². The van der Waals surface area contributed by atoms with E-state index in [1.165, 1.54) is 44.4 Å². The van der Waals surface area contributed by atoms with Gasteiger partial charge < -0.3 is 57.6 Å². The van der Waals surface area contributed by atoms with Gasteiger partial charge in [0.1, 0.15) is 17.2 Å². The molecule has 8 aromatic heterocycles. The summed E-state index contributed by atoms with van der Waals surface area (Å²) in [6.07, 6.45) is 16.2. The number of aromatic nitrogens is 8. The van der Waals surface area contributed by atoms with E-state index in [-0.39, 0.29) is 129 Å². The molecule has 8 aromatic rings. The molecule has 0 saturated carbocycles. The fourth-order valence-electron chi connectivity index (χ4n) is 13.2. The number of carbonyl (C=O) groups excluding carboxylic acids is 11. The molecule has 0 bridgehead atoms. The summed E-state index contributed by atoms with van der Waals surface area (Å²) in [5, 5.41) is 19.7. The maximum absolute atomic E-state index is 12.7. The van der Waals surface area contributed by atoms with Crippen molar-refractivity contribution in [2.45, 2.75) is 230 Å². The first-order valence-corrected chi connectivity index (χ1v) is 40.0. The molecule has 35 nitrogen and oxygen atoms in total. The molecule has 0 radical (unpaired) electrons. The Bertz CT molecular complexity index is 5000. The Morgan fingerprint density at radius 3 is 1.08 bits per heavy atom. The molecule has 0 aliphatic carbocycles. The summed E-state index contributed by atoms with van der Waals surface area (Å²) in [6, 6.07) is 13.6. The van der Waals surface area contributed by atoms with Crippen molar-refractivity contribution in [2.24, 2.45) is 47.3 Å². The predicted octanol–water partition coefficient (Wildman–Crippen LogP) is 8.92. The van der Waals surface area contributed by atoms with Crippen LogP contribution in [0.2, 0.25) is 0 Å². The summed E-state index contributed by atoms with van der Waals surface area (Å²) in [7, 11) is 0. The van der Waals surface area contributed by atoms with Gasteiger partial charge in [-0.3, -0.25) is 51.2 Å². The predicted molar refractivity (Wildman–Crippen MR) is 428 cm³/mol. The number of nitrogens with zero attached hydrogens (tertiary/aromatic N) is 8. The third kappa shape index (κ3) is 28.0. The normalized spacial score (nSPS) is 24.3. The van der Waals surface area contributed by atoms with Gasteiger partial charge in [0.05, 0.1) is 25.4 Å². The zero-order valence-electron chi connectivity index (χ0n) is 70.3. The van der Waals surface area contributed by atoms with Crippen molar-refractivity contribution in [1.29, 1.82) is 0 Å². The minimum Gasteiger partial charge on any atom is -0.504 e. The Labute approximate surface area is 700 Å². The Kier molecular flexibility index (Phi) is 42.8. The Hall–Kier alpha value is -11.1. The molecule has 120 heavy (non-hydrogen) atoms. The lowest BCUT2D eigenvalue weighted by molar-refractivity contribution is -0.242. The molecule has 18 atom stereocenters. The highest BCUT2D eigenvalue weighted by molar-refractivity contribution is 9.09. The lowest BCUT2D eigenvalue weighted by Gasteiger charge is -2.42. The molecule has 4 saturated heterocycles. The van der Waals surface area contributed by atoms with Gasteiger partial charge in [0.2, 0.25) is 18.9 Å². The van der Waals surface area contributed by atoms with Crippen LogP contribution in [0.4, 0.5) is 0 Å². The maximum atomic E-state index is 12.7. The number of rotatable bonds is 17. The van der Waals surface area contributed by atoms with Gasteiger partial charge in [-0.05, 0) is 118 Å². The third-order valence-corrected chi connectivity index (χ3v) is 21.4. The number of aryl methyl sites for hydroxylation is 4. The fourth-order valence-corrected chi connectivity index (χ4v) is 14.1. The zero-order valence-corrected chi connectivity index (χ0v) is 71.8. The molecule has 12 rings (SSSR count). The van der Waals surface area contributed by atoms with Crippen LogP contribution in [0.25, 0.3) is 22.6 Å². The first-order chi connectivity index (χ1) is 57.1. The first kappa shape index (κ1) is 101. The van der Waals surface area contributed by atoms with Crippen molar-refractivity contribution in [3.8, 4) is 23.0 Å². The van der Waals surface area contributed by atoms with E-state index < -0.39 is 37.2 Å². The second-order valence-electron chi connectivity index (χ2n) is 29.0. The zero-order chi connectivity index (χ0) is 89.8. The second-order valence-corrected chi connectivity index (χ2v) is 29.9. The van der Waals surface area contributed by atoms with Crippen molar-refractivity contribution in [3.63, 3.8) is 0 Å². The molecular formula is C84H107BrN8O27. The van der Waals surface area contributed by atoms with Gasteiger partial charge in [-0.15, -0.1) is 0 Å². The number of esters is 3. The van der Waals surface area contributed by atoms with Crippen LogP contribution in [-0.2, 0) is 112 Å². The molecule has 0 spiro atoms. The number of alkyl halides is 1. The number of fused-ring (bicyclic) bond motifs is 4. The summed E-state index contributed by atoms with van der Waals surface area (Å²) in [5.41, 5.74) is 3.88. The van der Waals surface area contributed by atoms with E-state index >= 15 is 0 Å². The molecule has 36 heteroatoms. The van der Waals surface area contributed by atoms with Crippen LogP contribution in [0.15, 0.2) is 117 Å². The summed E-state index contributed by atoms with van der Waals surface area (Å²) < 4.78 is 63.1. The Morgan fingerprint density at radius 2 is 0.717 bits per heavy atom. The van der Waals surface area contributed by atoms with Gasteiger partial charge in [0, 0.05) is 110 Å². The number of hydrogen-bond donors (Lipinski definition) is 2. The van der Waals surface area contributed by atoms with Gasteiger partial charge in [-0.25, -0.2) is 19.9 Å². The van der Waals surface area contributed by atoms with E-state index in [1.54, 1.807) is 92.0 Å². The summed E-state index contributed by atoms with van der Waals surface area (Å²) in [6.45, 7) is 33.7. The monoisotopic (exact) mass is 1740 g/mol. The van der Waals surface area contributed by atoms with Gasteiger partial charge in [-0.2, -0.15) is 38.4 Å². The van der Waals surface area contributed by atoms with Crippen LogP contribution < -0.4 is 36.4 Å². The smallest absolute Gasteiger partial charge is 0.373 e. The highest BCUT2D eigenvalue weighted by atomic mass is 79.9. The van der Waals surface area contributed by atoms with Crippen molar-refractivity contribution in [3.05, 3.63) is 162 Å². The molecule has 4 aliphatic heterocycles. The standard InChI is InChI=1S/C21H28N2O5.C20H26N2O5.C18H24N2O4.C11H12N2O2.C10H17BrO3.4CO2/c1-6-8-16-11-22-19-17(9-7-10-23(19)20(16)25)28-21-18(27-15(5)24)13(3)12(2)14(4)26-21;1-5-7-15-10-21-18-16(8-6-9-22(18)19(15)24)27-20-17(26-14(4)23)13(3)12(2)11-25-20;1-4-6-13-9-19-16-14(7-5-8-20(16)17(13)22)24-18-15(21)12(3)11(2)10-23-18;1-2-4-8-7-12-10-9(14)5-3-6-13(10)11(8)15;1-5-6(2)9(14-8(4)12)10(11)13-7(5)3;4*2-1-3/h7,9-14,18,21H,6,8H2,1-5H3;6,8-10,12-13,17,20H,5,7,11H2,1-4H3;5,7-9,11-12,15,18,21H,4,6,10H2,1-3H3;3,5-7,14H,2,4H2,1H3;5-7,9-10H,1-4H3;;;;/t12-,13-,14?,18?,21-;12-,13+,17?,20+;11-,12+,15?,18+;;5-,6-,7?,9?,10+;;;;/m011.0..../s1. The van der Waals surface area contributed by atoms with E-state index in [2.05, 4.69) is 56.6 Å². The minimum absolute atomic E-state index is 0.0256. The van der Waals surface area contributed by atoms with Crippen LogP contribution in [0.5, 0.6) is 23.0 Å². The fraction of sp³-hybridized carbons (Fsp3) is 0.536. The number of aliphatic hydroxyl groups excluding tert-OH is 1. The molecule has 6 unspecified atom stereocenters. The number of halogens is 1. The molecule has 12 heterocycles. The minimum atomic E-state index is -0.775. The highest BCUT2D eigenvalue weighted by Crippen LogP contribution is 2.37. The van der Waals surface area contributed by atoms with Crippen LogP contribution in [-0.4, -0.2) is 164 Å². The van der Waals surface area contributed by atoms with Crippen LogP contribution in [0.1, 0.15) is 166 Å². The summed E-state index contributed by atoms with van der Waals surface area (Å²) in [4.78, 5) is 166. The molecule has 0 amide bonds. The Balaban J connectivity index is 0.000000310. The molecule has 4 fully saturated rings. The quantitative estimate of drug-likeness (QED) is 0.0487. The van der Waals surface area contributed by atoms with E-state index in [4.69, 9.17) is 85.7 Å². The number of pyridine rings is 4. The summed E-state index contributed by atoms with van der Waals surface area (Å²) >= 11 is 3.39. The maximum Gasteiger partial charge on any atom is 0.373 e. The topological polar surface area (TPSA) is 458 Å². The molecular weight excluding hydrogens is 1630 g/mol. The first-order valence-electron chi connectivity index (χ1n) is 39.1. The van der Waals surface area contributed by atoms with Crippen molar-refractivity contribution in [2.75, 3.05) is 13.2 Å². The third-order valence-electron chi connectivity index (χ3n) is 20.6. The number of carbonyl (C=O) groups is 3. The Morgan fingerprint density at radius 1 is 0.425 bits per heavy atom. The molecule has 2 N–H and O–H groups in total. The average molecular weight is 1740 g/mol. The molecule has 4 aliphatic rings. The lowest BCUT2D eigenvalue weighted by Crippen LogP contribution is -2.52. The number of aliphatic hydroxyl groups is 1. The van der Waals surface area contributed by atoms with E-state index in [0.717, 1.165) is 25.7 Å². The second kappa shape index (κ2) is 50.7. The number of aromatic hydroxyl groups is 1. The molecule has 652 valence electrons. The number of ether oxygens (including phenoxy) is 10. The van der Waals surface area contributed by atoms with Crippen molar-refractivity contribution < 1.29 is 110 Å². The van der Waals surface area contributed by atoms with Crippen LogP contribution in [0.3, 0.4) is 0 Å². The lowest BCUT2D eigenvalue weighted by atomic mass is 9.84. The van der Waals surface area contributed by atoms with Gasteiger partial charge >= 0.3 is 42.5 Å². The number of hydrogen-bond acceptors (Lipinski definition) is 31. The van der Waals surface area contributed by atoms with E-state index in [9.17, 15) is 43.8 Å². The SMILES string of the molecule is CC(=O)OC1[C@H](Br)OC(C)[C@@H](C)[C@@H]1C.CCCc1cnc2c(O)cccn2c1=O.CCCc1cnc2c(O[C@@H]3OC(C)[C@@H](C)[C@H](C)C3OC(C)=O)cccn2c1=O.CCCc1cnc2c(O[C@@H]3OC[C@@H](C)[C@H](C)C3O)cccn2c1=O.CCCc1cnc2c(O[C@@H]3OC[C@@H](C)[C@H](C)C3OC(C)=O)cccn2c1=O.O=C=O.O=C=O.O=C=O.O=C=O. The van der Waals surface area contributed by atoms with Crippen molar-refractivity contribution >= 4 is 81.0 Å².